The molecular weight excluding hydrogens is 278 g/mol. The first-order valence-corrected chi connectivity index (χ1v) is 6.95. The normalized spacial score (nSPS) is 12.1. The number of hydrogen-bond donors (Lipinski definition) is 0. The number of alkyl halides is 1. The lowest BCUT2D eigenvalue weighted by molar-refractivity contribution is -0.116. The van der Waals surface area contributed by atoms with E-state index in [1.54, 1.807) is 24.1 Å². The Morgan fingerprint density at radius 2 is 2.05 bits per heavy atom. The predicted octanol–water partition coefficient (Wildman–Crippen LogP) is 2.80. The molecule has 0 N–H and O–H groups in total. The molecule has 0 aliphatic heterocycles. The monoisotopic (exact) mass is 297 g/mol. The number of halogens is 1. The third kappa shape index (κ3) is 3.58. The fraction of sp³-hybridized carbons (Fsp3) is 0.467. The summed E-state index contributed by atoms with van der Waals surface area (Å²) in [5.41, 5.74) is 2.00. The zero-order valence-electron chi connectivity index (χ0n) is 12.3. The molecule has 0 aromatic heterocycles. The van der Waals surface area contributed by atoms with E-state index in [1.807, 2.05) is 19.9 Å². The van der Waals surface area contributed by atoms with E-state index in [-0.39, 0.29) is 23.6 Å². The van der Waals surface area contributed by atoms with Crippen molar-refractivity contribution in [1.82, 2.24) is 0 Å². The average molecular weight is 298 g/mol. The van der Waals surface area contributed by atoms with Crippen LogP contribution in [0.4, 0.5) is 5.69 Å². The molecule has 0 saturated heterocycles. The van der Waals surface area contributed by atoms with Crippen molar-refractivity contribution in [3.8, 4) is 0 Å². The Bertz CT molecular complexity index is 502. The molecule has 0 aliphatic carbocycles. The third-order valence-electron chi connectivity index (χ3n) is 3.09. The van der Waals surface area contributed by atoms with Crippen LogP contribution in [0.3, 0.4) is 0 Å². The van der Waals surface area contributed by atoms with Gasteiger partial charge in [-0.1, -0.05) is 12.1 Å². The quantitative estimate of drug-likeness (QED) is 0.599. The molecule has 110 valence electrons. The topological polar surface area (TPSA) is 46.6 Å². The number of para-hydroxylation sites is 1. The van der Waals surface area contributed by atoms with Crippen LogP contribution in [0.15, 0.2) is 18.2 Å². The number of amides is 1. The van der Waals surface area contributed by atoms with Crippen LogP contribution < -0.4 is 4.90 Å². The maximum atomic E-state index is 12.2. The van der Waals surface area contributed by atoms with E-state index in [9.17, 15) is 9.59 Å². The van der Waals surface area contributed by atoms with Gasteiger partial charge in [0.1, 0.15) is 5.88 Å². The van der Waals surface area contributed by atoms with Gasteiger partial charge in [-0.15, -0.1) is 11.6 Å². The minimum Gasteiger partial charge on any atom is -0.383 e. The molecule has 1 aromatic carbocycles. The second kappa shape index (κ2) is 7.41. The van der Waals surface area contributed by atoms with E-state index in [1.165, 1.54) is 6.92 Å². The Morgan fingerprint density at radius 1 is 1.40 bits per heavy atom. The molecule has 0 radical (unpaired) electrons. The first-order chi connectivity index (χ1) is 9.43. The number of nitrogens with zero attached hydrogens (tertiary/aromatic N) is 1. The summed E-state index contributed by atoms with van der Waals surface area (Å²) in [6, 6.07) is 5.19. The van der Waals surface area contributed by atoms with E-state index in [0.717, 1.165) is 5.56 Å². The van der Waals surface area contributed by atoms with Crippen molar-refractivity contribution in [3.63, 3.8) is 0 Å². The molecule has 0 spiro atoms. The second-order valence-electron chi connectivity index (χ2n) is 4.73. The summed E-state index contributed by atoms with van der Waals surface area (Å²) in [6.07, 6.45) is 0. The standard InChI is InChI=1S/C15H20ClNO3/c1-10-6-5-7-13(12(3)18)15(10)17(14(19)8-16)11(2)9-20-4/h5-7,11H,8-9H2,1-4H3. The lowest BCUT2D eigenvalue weighted by Crippen LogP contribution is -2.43. The Morgan fingerprint density at radius 3 is 2.55 bits per heavy atom. The van der Waals surface area contributed by atoms with E-state index < -0.39 is 0 Å². The fourth-order valence-corrected chi connectivity index (χ4v) is 2.36. The van der Waals surface area contributed by atoms with Gasteiger partial charge in [-0.2, -0.15) is 0 Å². The molecule has 1 rings (SSSR count). The van der Waals surface area contributed by atoms with Crippen LogP contribution in [0.5, 0.6) is 0 Å². The van der Waals surface area contributed by atoms with Gasteiger partial charge >= 0.3 is 0 Å². The Hall–Kier alpha value is -1.39. The van der Waals surface area contributed by atoms with Gasteiger partial charge in [0.2, 0.25) is 5.91 Å². The SMILES string of the molecule is COCC(C)N(C(=O)CCl)c1c(C)cccc1C(C)=O. The number of hydrogen-bond acceptors (Lipinski definition) is 3. The number of ketones is 1. The van der Waals surface area contributed by atoms with Crippen LogP contribution in [0.1, 0.15) is 29.8 Å². The van der Waals surface area contributed by atoms with Crippen LogP contribution in [0.2, 0.25) is 0 Å². The van der Waals surface area contributed by atoms with Gasteiger partial charge in [-0.25, -0.2) is 0 Å². The van der Waals surface area contributed by atoms with Gasteiger partial charge in [0, 0.05) is 12.7 Å². The highest BCUT2D eigenvalue weighted by Gasteiger charge is 2.26. The summed E-state index contributed by atoms with van der Waals surface area (Å²) in [4.78, 5) is 25.6. The van der Waals surface area contributed by atoms with E-state index in [4.69, 9.17) is 16.3 Å². The number of carbonyl (C=O) groups excluding carboxylic acids is 2. The summed E-state index contributed by atoms with van der Waals surface area (Å²) in [5, 5.41) is 0. The highest BCUT2D eigenvalue weighted by Crippen LogP contribution is 2.28. The summed E-state index contributed by atoms with van der Waals surface area (Å²) < 4.78 is 5.12. The summed E-state index contributed by atoms with van der Waals surface area (Å²) in [6.45, 7) is 5.59. The smallest absolute Gasteiger partial charge is 0.242 e. The Balaban J connectivity index is 3.40. The average Bonchev–Trinajstić information content (AvgIpc) is 2.40. The third-order valence-corrected chi connectivity index (χ3v) is 3.32. The van der Waals surface area contributed by atoms with Crippen molar-refractivity contribution in [2.24, 2.45) is 0 Å². The molecule has 5 heteroatoms. The lowest BCUT2D eigenvalue weighted by Gasteiger charge is -2.31. The van der Waals surface area contributed by atoms with Gasteiger partial charge in [0.05, 0.1) is 18.3 Å². The maximum absolute atomic E-state index is 12.2. The fourth-order valence-electron chi connectivity index (χ4n) is 2.23. The molecule has 0 fully saturated rings. The van der Waals surface area contributed by atoms with Crippen molar-refractivity contribution < 1.29 is 14.3 Å². The van der Waals surface area contributed by atoms with Gasteiger partial charge in [-0.05, 0) is 32.4 Å². The lowest BCUT2D eigenvalue weighted by atomic mass is 10.0. The highest BCUT2D eigenvalue weighted by atomic mass is 35.5. The molecule has 1 aromatic rings. The summed E-state index contributed by atoms with van der Waals surface area (Å²) >= 11 is 5.71. The second-order valence-corrected chi connectivity index (χ2v) is 5.00. The number of ether oxygens (including phenoxy) is 1. The van der Waals surface area contributed by atoms with Crippen LogP contribution in [-0.2, 0) is 9.53 Å². The first kappa shape index (κ1) is 16.7. The number of anilines is 1. The zero-order chi connectivity index (χ0) is 15.3. The largest absolute Gasteiger partial charge is 0.383 e. The number of rotatable bonds is 6. The maximum Gasteiger partial charge on any atom is 0.242 e. The van der Waals surface area contributed by atoms with E-state index in [0.29, 0.717) is 17.9 Å². The van der Waals surface area contributed by atoms with Crippen molar-refractivity contribution >= 4 is 29.0 Å². The first-order valence-electron chi connectivity index (χ1n) is 6.41. The van der Waals surface area contributed by atoms with Crippen molar-refractivity contribution in [3.05, 3.63) is 29.3 Å². The molecule has 0 bridgehead atoms. The summed E-state index contributed by atoms with van der Waals surface area (Å²) in [7, 11) is 1.57. The van der Waals surface area contributed by atoms with Gasteiger partial charge in [0.15, 0.2) is 5.78 Å². The van der Waals surface area contributed by atoms with E-state index >= 15 is 0 Å². The van der Waals surface area contributed by atoms with E-state index in [2.05, 4.69) is 0 Å². The molecule has 0 saturated carbocycles. The molecular formula is C15H20ClNO3. The molecule has 4 nitrogen and oxygen atoms in total. The number of benzene rings is 1. The minimum absolute atomic E-state index is 0.0827. The van der Waals surface area contributed by atoms with Crippen LogP contribution >= 0.6 is 11.6 Å². The van der Waals surface area contributed by atoms with Crippen LogP contribution in [0, 0.1) is 6.92 Å². The molecule has 0 heterocycles. The van der Waals surface area contributed by atoms with Gasteiger partial charge in [0.25, 0.3) is 0 Å². The molecule has 1 amide bonds. The molecule has 1 atom stereocenters. The summed E-state index contributed by atoms with van der Waals surface area (Å²) in [5.74, 6) is -0.464. The zero-order valence-corrected chi connectivity index (χ0v) is 13.0. The predicted molar refractivity (Wildman–Crippen MR) is 80.7 cm³/mol. The minimum atomic E-state index is -0.243. The highest BCUT2D eigenvalue weighted by molar-refractivity contribution is 6.29. The van der Waals surface area contributed by atoms with Crippen LogP contribution in [0.25, 0.3) is 0 Å². The Labute approximate surface area is 124 Å². The van der Waals surface area contributed by atoms with Gasteiger partial charge in [-0.3, -0.25) is 9.59 Å². The number of methoxy groups -OCH3 is 1. The van der Waals surface area contributed by atoms with Crippen molar-refractivity contribution in [2.75, 3.05) is 24.5 Å². The molecule has 20 heavy (non-hydrogen) atoms. The number of aryl methyl sites for hydroxylation is 1. The number of Topliss-reactive ketones (excluding diaryl/α,β-unsaturated/α-hetero) is 1. The van der Waals surface area contributed by atoms with Crippen molar-refractivity contribution in [2.45, 2.75) is 26.8 Å². The Kier molecular flexibility index (Phi) is 6.17. The molecule has 0 aliphatic rings. The number of carbonyl (C=O) groups is 2. The van der Waals surface area contributed by atoms with Gasteiger partial charge < -0.3 is 9.64 Å². The molecule has 1 unspecified atom stereocenters. The van der Waals surface area contributed by atoms with Crippen LogP contribution in [-0.4, -0.2) is 37.3 Å². The van der Waals surface area contributed by atoms with Crippen molar-refractivity contribution in [1.29, 1.82) is 0 Å².